The minimum atomic E-state index is -4.38. The van der Waals surface area contributed by atoms with Crippen molar-refractivity contribution in [2.24, 2.45) is 0 Å². The fraction of sp³-hybridized carbons (Fsp3) is 0.200. The van der Waals surface area contributed by atoms with Gasteiger partial charge in [-0.25, -0.2) is 9.37 Å². The minimum Gasteiger partial charge on any atom is -0.352 e. The zero-order chi connectivity index (χ0) is 20.3. The Labute approximate surface area is 163 Å². The second-order valence-electron chi connectivity index (χ2n) is 6.26. The van der Waals surface area contributed by atoms with Gasteiger partial charge in [-0.2, -0.15) is 13.2 Å². The lowest BCUT2D eigenvalue weighted by molar-refractivity contribution is -0.137. The number of aromatic nitrogens is 1. The van der Waals surface area contributed by atoms with Crippen LogP contribution >= 0.6 is 11.3 Å². The van der Waals surface area contributed by atoms with Crippen molar-refractivity contribution in [1.82, 2.24) is 10.3 Å². The Kier molecular flexibility index (Phi) is 5.79. The molecule has 0 bridgehead atoms. The van der Waals surface area contributed by atoms with Crippen molar-refractivity contribution in [2.45, 2.75) is 26.1 Å². The van der Waals surface area contributed by atoms with Crippen molar-refractivity contribution < 1.29 is 22.4 Å². The number of nitrogens with one attached hydrogen (secondary N) is 1. The first-order valence-corrected chi connectivity index (χ1v) is 9.24. The maximum atomic E-state index is 13.3. The number of benzene rings is 2. The number of hydrogen-bond acceptors (Lipinski definition) is 3. The van der Waals surface area contributed by atoms with Crippen molar-refractivity contribution in [1.29, 1.82) is 0 Å². The Hall–Kier alpha value is -2.74. The van der Waals surface area contributed by atoms with E-state index in [0.29, 0.717) is 21.8 Å². The Bertz CT molecular complexity index is 981. The summed E-state index contributed by atoms with van der Waals surface area (Å²) >= 11 is 1.26. The molecule has 0 spiro atoms. The van der Waals surface area contributed by atoms with Crippen molar-refractivity contribution in [3.8, 4) is 10.6 Å². The van der Waals surface area contributed by atoms with E-state index in [-0.39, 0.29) is 24.7 Å². The topological polar surface area (TPSA) is 42.0 Å². The average Bonchev–Trinajstić information content (AvgIpc) is 3.10. The van der Waals surface area contributed by atoms with Gasteiger partial charge in [0.2, 0.25) is 5.91 Å². The van der Waals surface area contributed by atoms with E-state index in [1.165, 1.54) is 29.5 Å². The van der Waals surface area contributed by atoms with E-state index in [1.807, 2.05) is 0 Å². The molecule has 28 heavy (non-hydrogen) atoms. The Morgan fingerprint density at radius 3 is 2.50 bits per heavy atom. The molecular weight excluding hydrogens is 392 g/mol. The quantitative estimate of drug-likeness (QED) is 0.595. The number of thiazole rings is 1. The van der Waals surface area contributed by atoms with Gasteiger partial charge in [-0.05, 0) is 36.2 Å². The largest absolute Gasteiger partial charge is 0.416 e. The monoisotopic (exact) mass is 408 g/mol. The van der Waals surface area contributed by atoms with Crippen LogP contribution in [0.3, 0.4) is 0 Å². The second kappa shape index (κ2) is 8.10. The summed E-state index contributed by atoms with van der Waals surface area (Å²) in [7, 11) is 0. The molecule has 0 atom stereocenters. The maximum Gasteiger partial charge on any atom is 0.416 e. The molecule has 0 aliphatic carbocycles. The highest BCUT2D eigenvalue weighted by atomic mass is 32.1. The highest BCUT2D eigenvalue weighted by Crippen LogP contribution is 2.31. The second-order valence-corrected chi connectivity index (χ2v) is 7.11. The molecule has 3 rings (SSSR count). The molecule has 1 amide bonds. The first-order chi connectivity index (χ1) is 13.2. The standard InChI is InChI=1S/C20H16F4N2OS/c1-12-8-13(2-7-17(12)21)10-25-18(27)9-16-11-28-19(26-16)14-3-5-15(6-4-14)20(22,23)24/h2-8,11H,9-10H2,1H3,(H,25,27). The van der Waals surface area contributed by atoms with Gasteiger partial charge in [0.1, 0.15) is 10.8 Å². The number of hydrogen-bond donors (Lipinski definition) is 1. The fourth-order valence-electron chi connectivity index (χ4n) is 2.57. The van der Waals surface area contributed by atoms with Gasteiger partial charge in [-0.15, -0.1) is 11.3 Å². The van der Waals surface area contributed by atoms with Gasteiger partial charge >= 0.3 is 6.18 Å². The van der Waals surface area contributed by atoms with Crippen LogP contribution < -0.4 is 5.32 Å². The number of carbonyl (C=O) groups excluding carboxylic acids is 1. The van der Waals surface area contributed by atoms with Crippen molar-refractivity contribution in [3.05, 3.63) is 76.0 Å². The number of halogens is 4. The maximum absolute atomic E-state index is 13.3. The third kappa shape index (κ3) is 4.95. The van der Waals surface area contributed by atoms with E-state index < -0.39 is 11.7 Å². The molecule has 0 radical (unpaired) electrons. The molecule has 3 aromatic rings. The first-order valence-electron chi connectivity index (χ1n) is 8.36. The summed E-state index contributed by atoms with van der Waals surface area (Å²) in [6.07, 6.45) is -4.33. The van der Waals surface area contributed by atoms with Crippen LogP contribution in [0.4, 0.5) is 17.6 Å². The van der Waals surface area contributed by atoms with Crippen LogP contribution in [0, 0.1) is 12.7 Å². The van der Waals surface area contributed by atoms with E-state index in [4.69, 9.17) is 0 Å². The fourth-order valence-corrected chi connectivity index (χ4v) is 3.39. The number of amides is 1. The van der Waals surface area contributed by atoms with Gasteiger partial charge in [0.15, 0.2) is 0 Å². The molecule has 1 N–H and O–H groups in total. The molecular formula is C20H16F4N2OS. The molecule has 0 aliphatic rings. The number of carbonyl (C=O) groups is 1. The van der Waals surface area contributed by atoms with Crippen LogP contribution in [0.2, 0.25) is 0 Å². The van der Waals surface area contributed by atoms with Crippen molar-refractivity contribution in [3.63, 3.8) is 0 Å². The molecule has 8 heteroatoms. The molecule has 2 aromatic carbocycles. The minimum absolute atomic E-state index is 0.0529. The Morgan fingerprint density at radius 1 is 1.14 bits per heavy atom. The lowest BCUT2D eigenvalue weighted by Gasteiger charge is -2.06. The van der Waals surface area contributed by atoms with Crippen LogP contribution in [-0.4, -0.2) is 10.9 Å². The Morgan fingerprint density at radius 2 is 1.86 bits per heavy atom. The van der Waals surface area contributed by atoms with E-state index >= 15 is 0 Å². The van der Waals surface area contributed by atoms with E-state index in [2.05, 4.69) is 10.3 Å². The van der Waals surface area contributed by atoms with Gasteiger partial charge in [-0.3, -0.25) is 4.79 Å². The number of aryl methyl sites for hydroxylation is 1. The number of nitrogens with zero attached hydrogens (tertiary/aromatic N) is 1. The highest BCUT2D eigenvalue weighted by molar-refractivity contribution is 7.13. The number of rotatable bonds is 5. The van der Waals surface area contributed by atoms with E-state index in [9.17, 15) is 22.4 Å². The highest BCUT2D eigenvalue weighted by Gasteiger charge is 2.30. The smallest absolute Gasteiger partial charge is 0.352 e. The molecule has 3 nitrogen and oxygen atoms in total. The third-order valence-corrected chi connectivity index (χ3v) is 5.00. The molecule has 1 aromatic heterocycles. The van der Waals surface area contributed by atoms with E-state index in [0.717, 1.165) is 17.7 Å². The predicted octanol–water partition coefficient (Wildman–Crippen LogP) is 5.14. The van der Waals surface area contributed by atoms with Crippen LogP contribution in [-0.2, 0) is 23.9 Å². The molecule has 0 unspecified atom stereocenters. The average molecular weight is 408 g/mol. The molecule has 0 aliphatic heterocycles. The van der Waals surface area contributed by atoms with E-state index in [1.54, 1.807) is 24.4 Å². The van der Waals surface area contributed by atoms with Gasteiger partial charge < -0.3 is 5.32 Å². The SMILES string of the molecule is Cc1cc(CNC(=O)Cc2csc(-c3ccc(C(F)(F)F)cc3)n2)ccc1F. The van der Waals surface area contributed by atoms with Gasteiger partial charge in [0.25, 0.3) is 0 Å². The lowest BCUT2D eigenvalue weighted by Crippen LogP contribution is -2.24. The van der Waals surface area contributed by atoms with Gasteiger partial charge in [0.05, 0.1) is 17.7 Å². The van der Waals surface area contributed by atoms with Crippen LogP contribution in [0.5, 0.6) is 0 Å². The molecule has 146 valence electrons. The summed E-state index contributed by atoms with van der Waals surface area (Å²) in [6.45, 7) is 1.93. The normalized spacial score (nSPS) is 11.5. The molecule has 0 fully saturated rings. The van der Waals surface area contributed by atoms with Gasteiger partial charge in [0, 0.05) is 17.5 Å². The molecule has 0 saturated heterocycles. The Balaban J connectivity index is 1.59. The lowest BCUT2D eigenvalue weighted by atomic mass is 10.1. The summed E-state index contributed by atoms with van der Waals surface area (Å²) in [5.74, 6) is -0.542. The van der Waals surface area contributed by atoms with Crippen LogP contribution in [0.1, 0.15) is 22.4 Å². The van der Waals surface area contributed by atoms with Crippen molar-refractivity contribution in [2.75, 3.05) is 0 Å². The van der Waals surface area contributed by atoms with Crippen LogP contribution in [0.15, 0.2) is 47.8 Å². The predicted molar refractivity (Wildman–Crippen MR) is 99.2 cm³/mol. The summed E-state index contributed by atoms with van der Waals surface area (Å²) in [4.78, 5) is 16.4. The summed E-state index contributed by atoms with van der Waals surface area (Å²) in [5, 5.41) is 5.00. The van der Waals surface area contributed by atoms with Gasteiger partial charge in [-0.1, -0.05) is 24.3 Å². The first kappa shape index (κ1) is 20.0. The number of alkyl halides is 3. The summed E-state index contributed by atoms with van der Waals surface area (Å²) in [6, 6.07) is 9.37. The third-order valence-electron chi connectivity index (χ3n) is 4.06. The zero-order valence-corrected chi connectivity index (χ0v) is 15.6. The molecule has 1 heterocycles. The summed E-state index contributed by atoms with van der Waals surface area (Å²) in [5.41, 5.74) is 1.67. The summed E-state index contributed by atoms with van der Waals surface area (Å²) < 4.78 is 51.1. The van der Waals surface area contributed by atoms with Crippen molar-refractivity contribution >= 4 is 17.2 Å². The molecule has 0 saturated carbocycles. The van der Waals surface area contributed by atoms with Crippen LogP contribution in [0.25, 0.3) is 10.6 Å². The zero-order valence-electron chi connectivity index (χ0n) is 14.8.